The highest BCUT2D eigenvalue weighted by atomic mass is 35.5. The highest BCUT2D eigenvalue weighted by molar-refractivity contribution is 7.91. The van der Waals surface area contributed by atoms with Crippen molar-refractivity contribution >= 4 is 38.9 Å². The predicted molar refractivity (Wildman–Crippen MR) is 110 cm³/mol. The molecular weight excluding hydrogens is 416 g/mol. The first-order valence-electron chi connectivity index (χ1n) is 10.4. The highest BCUT2D eigenvalue weighted by Gasteiger charge is 2.51. The van der Waals surface area contributed by atoms with Gasteiger partial charge in [-0.3, -0.25) is 4.79 Å². The molecule has 5 aliphatic rings. The summed E-state index contributed by atoms with van der Waals surface area (Å²) in [7, 11) is -3.50. The summed E-state index contributed by atoms with van der Waals surface area (Å²) in [4.78, 5) is 14.9. The minimum absolute atomic E-state index is 0.234. The number of rotatable bonds is 4. The summed E-state index contributed by atoms with van der Waals surface area (Å²) < 4.78 is 27.7. The summed E-state index contributed by atoms with van der Waals surface area (Å²) in [5.74, 6) is 2.77. The third-order valence-corrected chi connectivity index (χ3v) is 11.0. The predicted octanol–water partition coefficient (Wildman–Crippen LogP) is 3.84. The van der Waals surface area contributed by atoms with Gasteiger partial charge in [0.1, 0.15) is 4.21 Å². The fourth-order valence-corrected chi connectivity index (χ4v) is 9.74. The third kappa shape index (κ3) is 3.42. The molecule has 0 aromatic carbocycles. The Bertz CT molecular complexity index is 838. The third-order valence-electron chi connectivity index (χ3n) is 7.43. The summed E-state index contributed by atoms with van der Waals surface area (Å²) >= 11 is 6.99. The molecule has 0 spiro atoms. The summed E-state index contributed by atoms with van der Waals surface area (Å²) in [6, 6.07) is 3.18. The summed E-state index contributed by atoms with van der Waals surface area (Å²) in [6.45, 7) is 1.71. The van der Waals surface area contributed by atoms with E-state index in [1.54, 1.807) is 12.1 Å². The standard InChI is InChI=1S/C20H27ClN2O3S2/c21-17-1-2-19(27-17)28(25,26)23-5-3-22(4-6-23)18(24)13-20-10-14-7-15(11-20)9-16(8-14)12-20/h1-2,14-16H,3-13H2. The van der Waals surface area contributed by atoms with Crippen LogP contribution in [0.1, 0.15) is 44.9 Å². The van der Waals surface area contributed by atoms with E-state index < -0.39 is 10.0 Å². The lowest BCUT2D eigenvalue weighted by Gasteiger charge is -2.57. The molecule has 4 bridgehead atoms. The molecule has 1 amide bonds. The molecule has 6 rings (SSSR count). The number of thiophene rings is 1. The molecule has 0 N–H and O–H groups in total. The average Bonchev–Trinajstić information content (AvgIpc) is 3.07. The number of carbonyl (C=O) groups excluding carboxylic acids is 1. The van der Waals surface area contributed by atoms with Gasteiger partial charge in [0.15, 0.2) is 0 Å². The van der Waals surface area contributed by atoms with Crippen LogP contribution in [0.4, 0.5) is 0 Å². The Labute approximate surface area is 176 Å². The molecule has 5 nitrogen and oxygen atoms in total. The molecule has 0 radical (unpaired) electrons. The number of piperazine rings is 1. The number of hydrogen-bond acceptors (Lipinski definition) is 4. The van der Waals surface area contributed by atoms with Gasteiger partial charge >= 0.3 is 0 Å². The number of halogens is 1. The van der Waals surface area contributed by atoms with Crippen molar-refractivity contribution in [2.24, 2.45) is 23.2 Å². The lowest BCUT2D eigenvalue weighted by atomic mass is 9.49. The molecule has 0 atom stereocenters. The average molecular weight is 443 g/mol. The molecule has 1 saturated heterocycles. The highest BCUT2D eigenvalue weighted by Crippen LogP contribution is 2.61. The minimum Gasteiger partial charge on any atom is -0.340 e. The second-order valence-corrected chi connectivity index (χ2v) is 13.3. The SMILES string of the molecule is O=C(CC12CC3CC(CC(C3)C1)C2)N1CCN(S(=O)(=O)c2ccc(Cl)s2)CC1. The van der Waals surface area contributed by atoms with Crippen LogP contribution in [0.5, 0.6) is 0 Å². The quantitative estimate of drug-likeness (QED) is 0.711. The van der Waals surface area contributed by atoms with Crippen molar-refractivity contribution < 1.29 is 13.2 Å². The van der Waals surface area contributed by atoms with E-state index in [0.29, 0.717) is 36.9 Å². The molecular formula is C20H27ClN2O3S2. The van der Waals surface area contributed by atoms with Crippen molar-refractivity contribution in [1.29, 1.82) is 0 Å². The van der Waals surface area contributed by atoms with Gasteiger partial charge in [-0.05, 0) is 73.8 Å². The molecule has 1 aliphatic heterocycles. The van der Waals surface area contributed by atoms with Gasteiger partial charge in [0.05, 0.1) is 4.34 Å². The molecule has 5 fully saturated rings. The van der Waals surface area contributed by atoms with E-state index in [-0.39, 0.29) is 15.5 Å². The van der Waals surface area contributed by atoms with Crippen molar-refractivity contribution in [3.05, 3.63) is 16.5 Å². The van der Waals surface area contributed by atoms with E-state index in [1.807, 2.05) is 4.90 Å². The maximum Gasteiger partial charge on any atom is 0.252 e. The van der Waals surface area contributed by atoms with Crippen LogP contribution >= 0.6 is 22.9 Å². The van der Waals surface area contributed by atoms with Crippen LogP contribution in [0.15, 0.2) is 16.3 Å². The summed E-state index contributed by atoms with van der Waals surface area (Å²) in [5, 5.41) is 0. The summed E-state index contributed by atoms with van der Waals surface area (Å²) in [5.41, 5.74) is 0.239. The minimum atomic E-state index is -3.50. The Balaban J connectivity index is 1.21. The Morgan fingerprint density at radius 1 is 1.04 bits per heavy atom. The van der Waals surface area contributed by atoms with Gasteiger partial charge in [0, 0.05) is 32.6 Å². The van der Waals surface area contributed by atoms with Crippen LogP contribution in [-0.2, 0) is 14.8 Å². The molecule has 1 aromatic heterocycles. The second-order valence-electron chi connectivity index (χ2n) is 9.44. The molecule has 4 saturated carbocycles. The number of amides is 1. The Morgan fingerprint density at radius 3 is 2.11 bits per heavy atom. The van der Waals surface area contributed by atoms with E-state index in [2.05, 4.69) is 0 Å². The zero-order valence-electron chi connectivity index (χ0n) is 16.0. The van der Waals surface area contributed by atoms with Crippen molar-refractivity contribution in [2.75, 3.05) is 26.2 Å². The van der Waals surface area contributed by atoms with Crippen LogP contribution in [0.2, 0.25) is 4.34 Å². The van der Waals surface area contributed by atoms with Gasteiger partial charge in [0.25, 0.3) is 10.0 Å². The van der Waals surface area contributed by atoms with Crippen LogP contribution < -0.4 is 0 Å². The van der Waals surface area contributed by atoms with Crippen molar-refractivity contribution in [1.82, 2.24) is 9.21 Å². The first-order valence-corrected chi connectivity index (χ1v) is 13.0. The van der Waals surface area contributed by atoms with Gasteiger partial charge in [-0.2, -0.15) is 4.31 Å². The van der Waals surface area contributed by atoms with Gasteiger partial charge in [-0.15, -0.1) is 11.3 Å². The maximum absolute atomic E-state index is 13.1. The zero-order chi connectivity index (χ0) is 19.5. The Hall–Kier alpha value is -0.630. The van der Waals surface area contributed by atoms with Crippen LogP contribution in [0.25, 0.3) is 0 Å². The van der Waals surface area contributed by atoms with Crippen molar-refractivity contribution in [2.45, 2.75) is 49.2 Å². The lowest BCUT2D eigenvalue weighted by Crippen LogP contribution is -2.53. The lowest BCUT2D eigenvalue weighted by molar-refractivity contribution is -0.140. The van der Waals surface area contributed by atoms with Gasteiger partial charge in [0.2, 0.25) is 5.91 Å². The fourth-order valence-electron chi connectivity index (χ4n) is 6.68. The number of sulfonamides is 1. The molecule has 154 valence electrons. The van der Waals surface area contributed by atoms with E-state index >= 15 is 0 Å². The van der Waals surface area contributed by atoms with E-state index in [9.17, 15) is 13.2 Å². The topological polar surface area (TPSA) is 57.7 Å². The smallest absolute Gasteiger partial charge is 0.252 e. The van der Waals surface area contributed by atoms with Crippen molar-refractivity contribution in [3.8, 4) is 0 Å². The van der Waals surface area contributed by atoms with E-state index in [0.717, 1.165) is 29.1 Å². The van der Waals surface area contributed by atoms with Crippen molar-refractivity contribution in [3.63, 3.8) is 0 Å². The molecule has 4 aliphatic carbocycles. The number of carbonyl (C=O) groups is 1. The number of hydrogen-bond donors (Lipinski definition) is 0. The van der Waals surface area contributed by atoms with Crippen LogP contribution in [0, 0.1) is 23.2 Å². The second kappa shape index (κ2) is 6.96. The van der Waals surface area contributed by atoms with E-state index in [1.165, 1.54) is 42.8 Å². The van der Waals surface area contributed by atoms with Crippen LogP contribution in [0.3, 0.4) is 0 Å². The first kappa shape index (κ1) is 19.3. The first-order chi connectivity index (χ1) is 13.3. The molecule has 28 heavy (non-hydrogen) atoms. The monoisotopic (exact) mass is 442 g/mol. The fraction of sp³-hybridized carbons (Fsp3) is 0.750. The Morgan fingerprint density at radius 2 is 1.61 bits per heavy atom. The molecule has 8 heteroatoms. The maximum atomic E-state index is 13.1. The number of nitrogens with zero attached hydrogens (tertiary/aromatic N) is 2. The van der Waals surface area contributed by atoms with E-state index in [4.69, 9.17) is 11.6 Å². The van der Waals surface area contributed by atoms with Gasteiger partial charge < -0.3 is 4.90 Å². The summed E-state index contributed by atoms with van der Waals surface area (Å²) in [6.07, 6.45) is 8.53. The molecule has 1 aromatic rings. The zero-order valence-corrected chi connectivity index (χ0v) is 18.4. The normalized spacial score (nSPS) is 35.5. The Kier molecular flexibility index (Phi) is 4.81. The molecule has 2 heterocycles. The van der Waals surface area contributed by atoms with Crippen LogP contribution in [-0.4, -0.2) is 49.7 Å². The largest absolute Gasteiger partial charge is 0.340 e. The molecule has 0 unspecified atom stereocenters. The van der Waals surface area contributed by atoms with Gasteiger partial charge in [-0.1, -0.05) is 11.6 Å². The van der Waals surface area contributed by atoms with Gasteiger partial charge in [-0.25, -0.2) is 8.42 Å².